The number of alkyl halides is 1. The summed E-state index contributed by atoms with van der Waals surface area (Å²) in [6, 6.07) is 4.69. The van der Waals surface area contributed by atoms with Gasteiger partial charge in [0.25, 0.3) is 0 Å². The minimum absolute atomic E-state index is 0.159. The lowest BCUT2D eigenvalue weighted by Gasteiger charge is -2.28. The minimum atomic E-state index is -1.13. The van der Waals surface area contributed by atoms with Crippen molar-refractivity contribution >= 4 is 22.6 Å². The van der Waals surface area contributed by atoms with Gasteiger partial charge in [-0.3, -0.25) is 9.78 Å². The third kappa shape index (κ3) is 3.24. The van der Waals surface area contributed by atoms with Gasteiger partial charge in [-0.15, -0.1) is 0 Å². The number of nitrogens with one attached hydrogen (secondary N) is 1. The number of nitrogens with zero attached hydrogens (tertiary/aromatic N) is 2. The molecule has 1 aliphatic carbocycles. The first-order chi connectivity index (χ1) is 11.1. The van der Waals surface area contributed by atoms with Crippen molar-refractivity contribution < 1.29 is 13.9 Å². The van der Waals surface area contributed by atoms with Gasteiger partial charge in [0.2, 0.25) is 11.8 Å². The van der Waals surface area contributed by atoms with Crippen molar-refractivity contribution in [2.45, 2.75) is 31.5 Å². The highest BCUT2D eigenvalue weighted by Crippen LogP contribution is 2.28. The summed E-state index contributed by atoms with van der Waals surface area (Å²) in [6.07, 6.45) is 1.73. The molecule has 6 nitrogen and oxygen atoms in total. The normalized spacial score (nSPS) is 24.4. The maximum Gasteiger partial charge on any atom is 0.227 e. The highest BCUT2D eigenvalue weighted by Gasteiger charge is 2.32. The van der Waals surface area contributed by atoms with Crippen LogP contribution in [0, 0.1) is 5.92 Å². The molecule has 0 aromatic carbocycles. The first kappa shape index (κ1) is 15.6. The molecule has 3 rings (SSSR count). The number of pyridine rings is 2. The standard InChI is InChI=1S/C16H19FN4O2/c1-23-14-5-4-12-15(21-14)13(6-7-19-12)20-16(22)9-2-3-11(18)10(17)8-9/h4-7,9-11H,2-3,8,18H2,1H3,(H,19,20,22)/t9-,10+,11-/m1/s1. The van der Waals surface area contributed by atoms with E-state index >= 15 is 0 Å². The second kappa shape index (κ2) is 6.45. The lowest BCUT2D eigenvalue weighted by atomic mass is 9.84. The summed E-state index contributed by atoms with van der Waals surface area (Å²) in [4.78, 5) is 21.0. The van der Waals surface area contributed by atoms with Crippen molar-refractivity contribution in [1.82, 2.24) is 9.97 Å². The molecule has 0 saturated heterocycles. The first-order valence-corrected chi connectivity index (χ1v) is 7.58. The van der Waals surface area contributed by atoms with E-state index in [0.29, 0.717) is 35.4 Å². The molecule has 1 aliphatic rings. The number of methoxy groups -OCH3 is 1. The fourth-order valence-electron chi connectivity index (χ4n) is 2.83. The van der Waals surface area contributed by atoms with Crippen LogP contribution in [0.3, 0.4) is 0 Å². The number of halogens is 1. The fourth-order valence-corrected chi connectivity index (χ4v) is 2.83. The molecule has 2 aromatic rings. The van der Waals surface area contributed by atoms with Gasteiger partial charge < -0.3 is 15.8 Å². The fraction of sp³-hybridized carbons (Fsp3) is 0.438. The Bertz CT molecular complexity index is 724. The summed E-state index contributed by atoms with van der Waals surface area (Å²) in [6.45, 7) is 0. The number of aromatic nitrogens is 2. The average molecular weight is 318 g/mol. The highest BCUT2D eigenvalue weighted by molar-refractivity contribution is 6.00. The molecule has 0 bridgehead atoms. The number of carbonyl (C=O) groups excluding carboxylic acids is 1. The molecule has 2 aromatic heterocycles. The molecule has 3 atom stereocenters. The number of carbonyl (C=O) groups is 1. The van der Waals surface area contributed by atoms with Crippen LogP contribution >= 0.6 is 0 Å². The molecule has 2 heterocycles. The Morgan fingerprint density at radius 3 is 2.96 bits per heavy atom. The number of rotatable bonds is 3. The number of anilines is 1. The molecule has 0 spiro atoms. The van der Waals surface area contributed by atoms with Crippen molar-refractivity contribution in [3.8, 4) is 5.88 Å². The number of fused-ring (bicyclic) bond motifs is 1. The molecular formula is C16H19FN4O2. The lowest BCUT2D eigenvalue weighted by Crippen LogP contribution is -2.40. The Hall–Kier alpha value is -2.28. The molecule has 7 heteroatoms. The van der Waals surface area contributed by atoms with Crippen molar-refractivity contribution in [3.63, 3.8) is 0 Å². The van der Waals surface area contributed by atoms with E-state index in [1.807, 2.05) is 0 Å². The average Bonchev–Trinajstić information content (AvgIpc) is 2.57. The van der Waals surface area contributed by atoms with Gasteiger partial charge in [0.05, 0.1) is 18.3 Å². The second-order valence-corrected chi connectivity index (χ2v) is 5.76. The van der Waals surface area contributed by atoms with Crippen LogP contribution in [0.25, 0.3) is 11.0 Å². The number of nitrogens with two attached hydrogens (primary N) is 1. The number of amides is 1. The van der Waals surface area contributed by atoms with Crippen molar-refractivity contribution in [1.29, 1.82) is 0 Å². The van der Waals surface area contributed by atoms with Crippen LogP contribution in [0.15, 0.2) is 24.4 Å². The van der Waals surface area contributed by atoms with Gasteiger partial charge in [0.15, 0.2) is 0 Å². The number of hydrogen-bond donors (Lipinski definition) is 2. The zero-order chi connectivity index (χ0) is 16.4. The van der Waals surface area contributed by atoms with Crippen molar-refractivity contribution in [3.05, 3.63) is 24.4 Å². The topological polar surface area (TPSA) is 90.1 Å². The largest absolute Gasteiger partial charge is 0.481 e. The van der Waals surface area contributed by atoms with Crippen LogP contribution in [0.5, 0.6) is 5.88 Å². The lowest BCUT2D eigenvalue weighted by molar-refractivity contribution is -0.121. The molecule has 23 heavy (non-hydrogen) atoms. The van der Waals surface area contributed by atoms with E-state index in [1.54, 1.807) is 24.4 Å². The smallest absolute Gasteiger partial charge is 0.227 e. The molecule has 0 aliphatic heterocycles. The van der Waals surface area contributed by atoms with E-state index < -0.39 is 12.2 Å². The zero-order valence-electron chi connectivity index (χ0n) is 12.8. The Labute approximate surface area is 133 Å². The summed E-state index contributed by atoms with van der Waals surface area (Å²) < 4.78 is 18.8. The molecule has 1 fully saturated rings. The first-order valence-electron chi connectivity index (χ1n) is 7.58. The monoisotopic (exact) mass is 318 g/mol. The van der Waals surface area contributed by atoms with Gasteiger partial charge in [-0.1, -0.05) is 0 Å². The maximum absolute atomic E-state index is 13.7. The van der Waals surface area contributed by atoms with Crippen LogP contribution < -0.4 is 15.8 Å². The summed E-state index contributed by atoms with van der Waals surface area (Å²) >= 11 is 0. The van der Waals surface area contributed by atoms with Crippen molar-refractivity contribution in [2.24, 2.45) is 11.7 Å². The summed E-state index contributed by atoms with van der Waals surface area (Å²) in [5, 5.41) is 2.84. The van der Waals surface area contributed by atoms with E-state index in [0.717, 1.165) is 0 Å². The summed E-state index contributed by atoms with van der Waals surface area (Å²) in [7, 11) is 1.52. The third-order valence-corrected chi connectivity index (χ3v) is 4.22. The van der Waals surface area contributed by atoms with E-state index in [2.05, 4.69) is 15.3 Å². The number of ether oxygens (including phenoxy) is 1. The van der Waals surface area contributed by atoms with Crippen LogP contribution in [0.1, 0.15) is 19.3 Å². The van der Waals surface area contributed by atoms with Gasteiger partial charge >= 0.3 is 0 Å². The second-order valence-electron chi connectivity index (χ2n) is 5.76. The molecule has 0 radical (unpaired) electrons. The maximum atomic E-state index is 13.7. The minimum Gasteiger partial charge on any atom is -0.481 e. The molecular weight excluding hydrogens is 299 g/mol. The van der Waals surface area contributed by atoms with Gasteiger partial charge in [0, 0.05) is 24.2 Å². The van der Waals surface area contributed by atoms with Gasteiger partial charge in [0.1, 0.15) is 11.7 Å². The predicted molar refractivity (Wildman–Crippen MR) is 84.9 cm³/mol. The SMILES string of the molecule is COc1ccc2nccc(NC(=O)[C@@H]3CC[C@@H](N)[C@@H](F)C3)c2n1. The Morgan fingerprint density at radius 1 is 1.39 bits per heavy atom. The van der Waals surface area contributed by atoms with Crippen LogP contribution in [-0.4, -0.2) is 35.2 Å². The molecule has 1 amide bonds. The number of hydrogen-bond acceptors (Lipinski definition) is 5. The van der Waals surface area contributed by atoms with E-state index in [4.69, 9.17) is 10.5 Å². The Balaban J connectivity index is 1.82. The third-order valence-electron chi connectivity index (χ3n) is 4.22. The van der Waals surface area contributed by atoms with Gasteiger partial charge in [-0.25, -0.2) is 9.37 Å². The van der Waals surface area contributed by atoms with E-state index in [9.17, 15) is 9.18 Å². The van der Waals surface area contributed by atoms with Crippen LogP contribution in [0.2, 0.25) is 0 Å². The van der Waals surface area contributed by atoms with E-state index in [1.165, 1.54) is 7.11 Å². The predicted octanol–water partition coefficient (Wildman–Crippen LogP) is 2.04. The quantitative estimate of drug-likeness (QED) is 0.904. The summed E-state index contributed by atoms with van der Waals surface area (Å²) in [5.41, 5.74) is 7.40. The Morgan fingerprint density at radius 2 is 2.22 bits per heavy atom. The highest BCUT2D eigenvalue weighted by atomic mass is 19.1. The zero-order valence-corrected chi connectivity index (χ0v) is 12.8. The Kier molecular flexibility index (Phi) is 4.38. The van der Waals surface area contributed by atoms with Gasteiger partial charge in [-0.05, 0) is 31.4 Å². The summed E-state index contributed by atoms with van der Waals surface area (Å²) in [5.74, 6) is -0.149. The van der Waals surface area contributed by atoms with Crippen LogP contribution in [0.4, 0.5) is 10.1 Å². The van der Waals surface area contributed by atoms with Crippen molar-refractivity contribution in [2.75, 3.05) is 12.4 Å². The molecule has 0 unspecified atom stereocenters. The molecule has 122 valence electrons. The van der Waals surface area contributed by atoms with Crippen LogP contribution in [-0.2, 0) is 4.79 Å². The van der Waals surface area contributed by atoms with Gasteiger partial charge in [-0.2, -0.15) is 0 Å². The molecule has 1 saturated carbocycles. The van der Waals surface area contributed by atoms with E-state index in [-0.39, 0.29) is 18.2 Å². The molecule has 3 N–H and O–H groups in total.